The van der Waals surface area contributed by atoms with Crippen LogP contribution in [0.3, 0.4) is 0 Å². The van der Waals surface area contributed by atoms with Gasteiger partial charge in [0.25, 0.3) is 0 Å². The van der Waals surface area contributed by atoms with Crippen molar-refractivity contribution in [1.29, 1.82) is 0 Å². The van der Waals surface area contributed by atoms with E-state index in [0.29, 0.717) is 28.5 Å². The van der Waals surface area contributed by atoms with E-state index in [0.717, 1.165) is 12.1 Å². The van der Waals surface area contributed by atoms with Crippen LogP contribution in [0.2, 0.25) is 0 Å². The molecule has 0 bridgehead atoms. The third kappa shape index (κ3) is 4.05. The molecule has 21 heavy (non-hydrogen) atoms. The highest BCUT2D eigenvalue weighted by atomic mass is 32.1. The van der Waals surface area contributed by atoms with Crippen LogP contribution >= 0.6 is 11.3 Å². The minimum absolute atomic E-state index is 0.146. The van der Waals surface area contributed by atoms with Gasteiger partial charge in [-0.1, -0.05) is 11.3 Å². The standard InChI is InChI=1S/C13H15F3N2O2S/c1-19-7-9(20-2)6-17-12-18-10-5-8(13(14,15)16)3-4-11(10)21-12/h3-5,9H,6-7H2,1-2H3,(H,17,18). The molecule has 8 heteroatoms. The summed E-state index contributed by atoms with van der Waals surface area (Å²) in [7, 11) is 3.14. The molecule has 2 rings (SSSR count). The Hall–Kier alpha value is -1.38. The number of hydrogen-bond donors (Lipinski definition) is 1. The number of rotatable bonds is 6. The van der Waals surface area contributed by atoms with Crippen LogP contribution in [0.1, 0.15) is 5.56 Å². The van der Waals surface area contributed by atoms with Crippen molar-refractivity contribution in [1.82, 2.24) is 4.98 Å². The highest BCUT2D eigenvalue weighted by Crippen LogP contribution is 2.33. The molecule has 1 N–H and O–H groups in total. The zero-order valence-corrected chi connectivity index (χ0v) is 12.3. The highest BCUT2D eigenvalue weighted by molar-refractivity contribution is 7.22. The van der Waals surface area contributed by atoms with Crippen molar-refractivity contribution in [3.63, 3.8) is 0 Å². The van der Waals surface area contributed by atoms with Gasteiger partial charge in [-0.05, 0) is 18.2 Å². The summed E-state index contributed by atoms with van der Waals surface area (Å²) >= 11 is 1.30. The van der Waals surface area contributed by atoms with Crippen molar-refractivity contribution in [3.05, 3.63) is 23.8 Å². The molecule has 1 unspecified atom stereocenters. The molecule has 0 amide bonds. The third-order valence-corrected chi connectivity index (χ3v) is 3.88. The van der Waals surface area contributed by atoms with Gasteiger partial charge in [-0.2, -0.15) is 13.2 Å². The fourth-order valence-corrected chi connectivity index (χ4v) is 2.63. The molecule has 4 nitrogen and oxygen atoms in total. The van der Waals surface area contributed by atoms with Gasteiger partial charge in [-0.3, -0.25) is 0 Å². The van der Waals surface area contributed by atoms with Gasteiger partial charge >= 0.3 is 6.18 Å². The fraction of sp³-hybridized carbons (Fsp3) is 0.462. The second kappa shape index (κ2) is 6.59. The molecule has 0 aliphatic rings. The van der Waals surface area contributed by atoms with Gasteiger partial charge in [-0.25, -0.2) is 4.98 Å². The van der Waals surface area contributed by atoms with E-state index in [1.54, 1.807) is 14.2 Å². The van der Waals surface area contributed by atoms with E-state index >= 15 is 0 Å². The Balaban J connectivity index is 2.12. The number of benzene rings is 1. The van der Waals surface area contributed by atoms with Crippen LogP contribution in [-0.4, -0.2) is 38.5 Å². The molecule has 116 valence electrons. The molecule has 1 atom stereocenters. The van der Waals surface area contributed by atoms with Crippen LogP contribution in [-0.2, 0) is 15.7 Å². The first kappa shape index (κ1) is 16.0. The topological polar surface area (TPSA) is 43.4 Å². The maximum absolute atomic E-state index is 12.6. The molecule has 0 aliphatic heterocycles. The van der Waals surface area contributed by atoms with Gasteiger partial charge in [-0.15, -0.1) is 0 Å². The largest absolute Gasteiger partial charge is 0.416 e. The normalized spacial score (nSPS) is 13.6. The van der Waals surface area contributed by atoms with Gasteiger partial charge < -0.3 is 14.8 Å². The van der Waals surface area contributed by atoms with E-state index in [1.165, 1.54) is 17.4 Å². The van der Waals surface area contributed by atoms with Gasteiger partial charge in [0.1, 0.15) is 0 Å². The van der Waals surface area contributed by atoms with Crippen LogP contribution < -0.4 is 5.32 Å². The minimum Gasteiger partial charge on any atom is -0.382 e. The van der Waals surface area contributed by atoms with Crippen molar-refractivity contribution >= 4 is 26.7 Å². The minimum atomic E-state index is -4.36. The number of alkyl halides is 3. The second-order valence-corrected chi connectivity index (χ2v) is 5.42. The van der Waals surface area contributed by atoms with Gasteiger partial charge in [0.2, 0.25) is 0 Å². The maximum atomic E-state index is 12.6. The van der Waals surface area contributed by atoms with Crippen LogP contribution in [0, 0.1) is 0 Å². The average molecular weight is 320 g/mol. The Labute approximate surface area is 123 Å². The lowest BCUT2D eigenvalue weighted by Crippen LogP contribution is -2.26. The van der Waals surface area contributed by atoms with Crippen LogP contribution in [0.5, 0.6) is 0 Å². The Bertz CT molecular complexity index is 601. The maximum Gasteiger partial charge on any atom is 0.416 e. The predicted molar refractivity (Wildman–Crippen MR) is 75.8 cm³/mol. The smallest absolute Gasteiger partial charge is 0.382 e. The molecule has 0 aliphatic carbocycles. The van der Waals surface area contributed by atoms with Gasteiger partial charge in [0.05, 0.1) is 28.5 Å². The monoisotopic (exact) mass is 320 g/mol. The van der Waals surface area contributed by atoms with E-state index in [4.69, 9.17) is 9.47 Å². The van der Waals surface area contributed by atoms with Crippen LogP contribution in [0.15, 0.2) is 18.2 Å². The molecule has 0 radical (unpaired) electrons. The van der Waals surface area contributed by atoms with E-state index < -0.39 is 11.7 Å². The van der Waals surface area contributed by atoms with Crippen molar-refractivity contribution < 1.29 is 22.6 Å². The fourth-order valence-electron chi connectivity index (χ4n) is 1.78. The van der Waals surface area contributed by atoms with E-state index in [1.807, 2.05) is 0 Å². The summed E-state index contributed by atoms with van der Waals surface area (Å²) in [6, 6.07) is 3.55. The molecule has 0 spiro atoms. The number of thiazole rings is 1. The molecule has 1 aromatic heterocycles. The zero-order valence-electron chi connectivity index (χ0n) is 11.5. The molecule has 1 heterocycles. The summed E-state index contributed by atoms with van der Waals surface area (Å²) in [6.45, 7) is 0.892. The summed E-state index contributed by atoms with van der Waals surface area (Å²) in [6.07, 6.45) is -4.50. The summed E-state index contributed by atoms with van der Waals surface area (Å²) in [5, 5.41) is 3.61. The van der Waals surface area contributed by atoms with Crippen LogP contribution in [0.4, 0.5) is 18.3 Å². The average Bonchev–Trinajstić information content (AvgIpc) is 2.84. The zero-order chi connectivity index (χ0) is 15.5. The molecular weight excluding hydrogens is 305 g/mol. The Morgan fingerprint density at radius 1 is 1.33 bits per heavy atom. The lowest BCUT2D eigenvalue weighted by molar-refractivity contribution is -0.137. The van der Waals surface area contributed by atoms with E-state index in [9.17, 15) is 13.2 Å². The number of fused-ring (bicyclic) bond motifs is 1. The van der Waals surface area contributed by atoms with Crippen LogP contribution in [0.25, 0.3) is 10.2 Å². The second-order valence-electron chi connectivity index (χ2n) is 4.39. The number of nitrogens with one attached hydrogen (secondary N) is 1. The summed E-state index contributed by atoms with van der Waals surface area (Å²) in [4.78, 5) is 4.16. The lowest BCUT2D eigenvalue weighted by atomic mass is 10.2. The first-order valence-electron chi connectivity index (χ1n) is 6.17. The molecule has 0 fully saturated rings. The highest BCUT2D eigenvalue weighted by Gasteiger charge is 2.30. The Kier molecular flexibility index (Phi) is 5.02. The van der Waals surface area contributed by atoms with Crippen molar-refractivity contribution in [2.45, 2.75) is 12.3 Å². The third-order valence-electron chi connectivity index (χ3n) is 2.88. The predicted octanol–water partition coefficient (Wildman–Crippen LogP) is 3.39. The van der Waals surface area contributed by atoms with Gasteiger partial charge in [0, 0.05) is 20.8 Å². The molecule has 0 saturated heterocycles. The number of anilines is 1. The molecular formula is C13H15F3N2O2S. The van der Waals surface area contributed by atoms with Crippen molar-refractivity contribution in [2.24, 2.45) is 0 Å². The number of aromatic nitrogens is 1. The number of ether oxygens (including phenoxy) is 2. The van der Waals surface area contributed by atoms with E-state index in [-0.39, 0.29) is 6.10 Å². The summed E-state index contributed by atoms with van der Waals surface area (Å²) < 4.78 is 48.8. The first-order chi connectivity index (χ1) is 9.94. The lowest BCUT2D eigenvalue weighted by Gasteiger charge is -2.14. The molecule has 1 aromatic carbocycles. The van der Waals surface area contributed by atoms with Gasteiger partial charge in [0.15, 0.2) is 5.13 Å². The van der Waals surface area contributed by atoms with E-state index in [2.05, 4.69) is 10.3 Å². The number of halogens is 3. The Morgan fingerprint density at radius 2 is 2.10 bits per heavy atom. The summed E-state index contributed by atoms with van der Waals surface area (Å²) in [5.74, 6) is 0. The van der Waals surface area contributed by atoms with Crippen molar-refractivity contribution in [2.75, 3.05) is 32.7 Å². The Morgan fingerprint density at radius 3 is 2.71 bits per heavy atom. The molecule has 2 aromatic rings. The van der Waals surface area contributed by atoms with Crippen molar-refractivity contribution in [3.8, 4) is 0 Å². The SMILES string of the molecule is COCC(CNc1nc2cc(C(F)(F)F)ccc2s1)OC. The number of nitrogens with zero attached hydrogens (tertiary/aromatic N) is 1. The quantitative estimate of drug-likeness (QED) is 0.886. The molecule has 0 saturated carbocycles. The first-order valence-corrected chi connectivity index (χ1v) is 6.99. The summed E-state index contributed by atoms with van der Waals surface area (Å²) in [5.41, 5.74) is -0.362. The number of hydrogen-bond acceptors (Lipinski definition) is 5. The number of methoxy groups -OCH3 is 2.